The minimum Gasteiger partial charge on any atom is -0.496 e. The van der Waals surface area contributed by atoms with Gasteiger partial charge in [-0.2, -0.15) is 0 Å². The van der Waals surface area contributed by atoms with Crippen molar-refractivity contribution in [2.75, 3.05) is 33.3 Å². The lowest BCUT2D eigenvalue weighted by Gasteiger charge is -2.34. The van der Waals surface area contributed by atoms with E-state index in [9.17, 15) is 17.6 Å². The summed E-state index contributed by atoms with van der Waals surface area (Å²) in [6.45, 7) is 2.94. The number of fused-ring (bicyclic) bond motifs is 1. The van der Waals surface area contributed by atoms with Crippen LogP contribution in [0.25, 0.3) is 10.9 Å². The Morgan fingerprint density at radius 3 is 2.53 bits per heavy atom. The highest BCUT2D eigenvalue weighted by molar-refractivity contribution is 7.90. The van der Waals surface area contributed by atoms with Gasteiger partial charge in [0.25, 0.3) is 5.91 Å². The van der Waals surface area contributed by atoms with Crippen LogP contribution in [0.1, 0.15) is 21.6 Å². The number of aromatic nitrogens is 2. The number of ether oxygens (including phenoxy) is 1. The zero-order valence-corrected chi connectivity index (χ0v) is 21.7. The van der Waals surface area contributed by atoms with Gasteiger partial charge in [-0.3, -0.25) is 19.7 Å². The number of hydrogen-bond acceptors (Lipinski definition) is 7. The Hall–Kier alpha value is -3.89. The van der Waals surface area contributed by atoms with E-state index in [1.807, 2.05) is 12.1 Å². The van der Waals surface area contributed by atoms with E-state index in [1.54, 1.807) is 53.6 Å². The van der Waals surface area contributed by atoms with Crippen molar-refractivity contribution >= 4 is 26.6 Å². The third kappa shape index (κ3) is 5.51. The van der Waals surface area contributed by atoms with Gasteiger partial charge >= 0.3 is 0 Å². The maximum Gasteiger partial charge on any atom is 0.257 e. The van der Waals surface area contributed by atoms with Gasteiger partial charge in [-0.15, -0.1) is 0 Å². The number of carbonyl (C=O) groups excluding carboxylic acids is 1. The summed E-state index contributed by atoms with van der Waals surface area (Å²) < 4.78 is 45.2. The van der Waals surface area contributed by atoms with Crippen LogP contribution < -0.4 is 4.74 Å². The van der Waals surface area contributed by atoms with E-state index < -0.39 is 9.84 Å². The average Bonchev–Trinajstić information content (AvgIpc) is 2.93. The number of amides is 1. The number of sulfone groups is 1. The van der Waals surface area contributed by atoms with Crippen LogP contribution >= 0.6 is 0 Å². The van der Waals surface area contributed by atoms with Crippen molar-refractivity contribution in [3.05, 3.63) is 95.7 Å². The predicted molar refractivity (Wildman–Crippen MR) is 141 cm³/mol. The first-order valence-electron chi connectivity index (χ1n) is 12.2. The molecule has 0 bridgehead atoms. The number of methoxy groups -OCH3 is 1. The minimum atomic E-state index is -3.70. The van der Waals surface area contributed by atoms with Gasteiger partial charge in [-0.25, -0.2) is 12.8 Å². The lowest BCUT2D eigenvalue weighted by atomic mass is 10.1. The molecule has 3 heterocycles. The summed E-state index contributed by atoms with van der Waals surface area (Å²) in [4.78, 5) is 25.8. The molecule has 5 rings (SSSR count). The summed E-state index contributed by atoms with van der Waals surface area (Å²) in [5.74, 6) is -0.457. The number of nitrogens with zero attached hydrogens (tertiary/aromatic N) is 4. The molecule has 0 atom stereocenters. The minimum absolute atomic E-state index is 0.170. The van der Waals surface area contributed by atoms with Gasteiger partial charge in [0, 0.05) is 44.3 Å². The quantitative estimate of drug-likeness (QED) is 0.357. The van der Waals surface area contributed by atoms with E-state index in [1.165, 1.54) is 19.4 Å². The van der Waals surface area contributed by atoms with E-state index in [0.29, 0.717) is 55.1 Å². The third-order valence-electron chi connectivity index (χ3n) is 6.62. The van der Waals surface area contributed by atoms with Crippen LogP contribution in [0.15, 0.2) is 78.0 Å². The monoisotopic (exact) mass is 534 g/mol. The number of para-hydroxylation sites is 1. The van der Waals surface area contributed by atoms with Crippen LogP contribution in [0.2, 0.25) is 0 Å². The van der Waals surface area contributed by atoms with E-state index in [4.69, 9.17) is 4.74 Å². The summed E-state index contributed by atoms with van der Waals surface area (Å²) in [5, 5.41) is 0.751. The molecule has 1 aliphatic heterocycles. The number of rotatable bonds is 7. The van der Waals surface area contributed by atoms with E-state index in [2.05, 4.69) is 14.9 Å². The largest absolute Gasteiger partial charge is 0.496 e. The second kappa shape index (κ2) is 10.8. The topological polar surface area (TPSA) is 92.7 Å². The Labute approximate surface area is 220 Å². The van der Waals surface area contributed by atoms with Crippen molar-refractivity contribution in [1.82, 2.24) is 19.8 Å². The molecule has 2 aromatic carbocycles. The Bertz CT molecular complexity index is 1560. The molecule has 10 heteroatoms. The van der Waals surface area contributed by atoms with Crippen LogP contribution in [0.4, 0.5) is 4.39 Å². The summed E-state index contributed by atoms with van der Waals surface area (Å²) in [6.07, 6.45) is 2.78. The maximum atomic E-state index is 13.3. The highest BCUT2D eigenvalue weighted by Gasteiger charge is 2.26. The van der Waals surface area contributed by atoms with Crippen molar-refractivity contribution < 1.29 is 22.3 Å². The van der Waals surface area contributed by atoms with Gasteiger partial charge in [0.05, 0.1) is 40.7 Å². The Balaban J connectivity index is 1.28. The molecule has 1 fully saturated rings. The maximum absolute atomic E-state index is 13.3. The molecule has 0 N–H and O–H groups in total. The molecule has 0 spiro atoms. The normalized spacial score (nSPS) is 14.5. The number of piperazine rings is 1. The van der Waals surface area contributed by atoms with E-state index >= 15 is 0 Å². The van der Waals surface area contributed by atoms with Gasteiger partial charge in [-0.1, -0.05) is 24.3 Å². The fourth-order valence-corrected chi connectivity index (χ4v) is 6.16. The van der Waals surface area contributed by atoms with Gasteiger partial charge in [-0.05, 0) is 42.0 Å². The molecule has 196 valence electrons. The fourth-order valence-electron chi connectivity index (χ4n) is 4.63. The molecule has 38 heavy (non-hydrogen) atoms. The van der Waals surface area contributed by atoms with Crippen LogP contribution in [-0.2, 0) is 22.1 Å². The third-order valence-corrected chi connectivity index (χ3v) is 8.33. The fraction of sp³-hybridized carbons (Fsp3) is 0.250. The molecular weight excluding hydrogens is 507 g/mol. The molecule has 0 saturated carbocycles. The lowest BCUT2D eigenvalue weighted by Crippen LogP contribution is -2.48. The van der Waals surface area contributed by atoms with Gasteiger partial charge < -0.3 is 9.64 Å². The summed E-state index contributed by atoms with van der Waals surface area (Å²) in [7, 11) is -2.23. The molecule has 0 unspecified atom stereocenters. The first-order valence-corrected chi connectivity index (χ1v) is 13.8. The average molecular weight is 535 g/mol. The number of halogens is 1. The molecule has 1 saturated heterocycles. The number of benzene rings is 2. The van der Waals surface area contributed by atoms with Crippen molar-refractivity contribution in [1.29, 1.82) is 0 Å². The Morgan fingerprint density at radius 1 is 1.00 bits per heavy atom. The molecule has 1 aliphatic rings. The summed E-state index contributed by atoms with van der Waals surface area (Å²) >= 11 is 0. The summed E-state index contributed by atoms with van der Waals surface area (Å²) in [6, 6.07) is 16.6. The second-order valence-electron chi connectivity index (χ2n) is 9.16. The molecule has 2 aromatic heterocycles. The Kier molecular flexibility index (Phi) is 7.35. The predicted octanol–water partition coefficient (Wildman–Crippen LogP) is 3.71. The van der Waals surface area contributed by atoms with Crippen LogP contribution in [0.5, 0.6) is 5.75 Å². The van der Waals surface area contributed by atoms with E-state index in [0.717, 1.165) is 11.1 Å². The van der Waals surface area contributed by atoms with Crippen molar-refractivity contribution in [3.63, 3.8) is 0 Å². The molecule has 1 amide bonds. The molecule has 4 aromatic rings. The number of carbonyl (C=O) groups is 1. The smallest absolute Gasteiger partial charge is 0.257 e. The lowest BCUT2D eigenvalue weighted by molar-refractivity contribution is 0.0624. The van der Waals surface area contributed by atoms with Crippen molar-refractivity contribution in [2.24, 2.45) is 0 Å². The Morgan fingerprint density at radius 2 is 1.79 bits per heavy atom. The van der Waals surface area contributed by atoms with Crippen LogP contribution in [0, 0.1) is 5.82 Å². The molecule has 0 aliphatic carbocycles. The molecule has 8 nitrogen and oxygen atoms in total. The zero-order valence-electron chi connectivity index (χ0n) is 20.9. The molecular formula is C28H27FN4O4S. The van der Waals surface area contributed by atoms with Gasteiger partial charge in [0.15, 0.2) is 9.84 Å². The highest BCUT2D eigenvalue weighted by Crippen LogP contribution is 2.28. The van der Waals surface area contributed by atoms with Gasteiger partial charge in [0.2, 0.25) is 0 Å². The molecule has 0 radical (unpaired) electrons. The van der Waals surface area contributed by atoms with Crippen molar-refractivity contribution in [3.8, 4) is 5.75 Å². The number of pyridine rings is 2. The number of hydrogen-bond donors (Lipinski definition) is 0. The highest BCUT2D eigenvalue weighted by atomic mass is 32.2. The van der Waals surface area contributed by atoms with Crippen molar-refractivity contribution in [2.45, 2.75) is 17.2 Å². The second-order valence-corrected chi connectivity index (χ2v) is 11.1. The standard InChI is InChI=1S/C28H27FN4O4S/c1-37-25-16-20(19-38(35,36)26-6-2-4-21-5-3-11-30-27(21)26)7-10-24(25)28(34)33-14-12-32(13-15-33)18-23-9-8-22(29)17-31-23/h2-11,16-17H,12-15,18-19H2,1H3. The SMILES string of the molecule is COc1cc(CS(=O)(=O)c2cccc3cccnc23)ccc1C(=O)N1CCN(Cc2ccc(F)cn2)CC1. The zero-order chi connectivity index (χ0) is 26.7. The van der Waals surface area contributed by atoms with Crippen LogP contribution in [-0.4, -0.2) is 67.4 Å². The summed E-state index contributed by atoms with van der Waals surface area (Å²) in [5.41, 5.74) is 2.11. The van der Waals surface area contributed by atoms with E-state index in [-0.39, 0.29) is 22.4 Å². The van der Waals surface area contributed by atoms with Crippen LogP contribution in [0.3, 0.4) is 0 Å². The van der Waals surface area contributed by atoms with Gasteiger partial charge in [0.1, 0.15) is 11.6 Å². The first kappa shape index (κ1) is 25.7. The first-order chi connectivity index (χ1) is 18.3.